The van der Waals surface area contributed by atoms with Gasteiger partial charge in [0.1, 0.15) is 0 Å². The third-order valence-corrected chi connectivity index (χ3v) is 3.72. The van der Waals surface area contributed by atoms with Gasteiger partial charge in [0.15, 0.2) is 10.4 Å². The molecular weight excluding hydrogens is 218 g/mol. The highest BCUT2D eigenvalue weighted by Crippen LogP contribution is 2.38. The lowest BCUT2D eigenvalue weighted by atomic mass is 9.82. The SMILES string of the molecule is Cc1ccc2[nH]c(=S)n(C3CC(C)C3)c2n1. The highest BCUT2D eigenvalue weighted by Gasteiger charge is 2.28. The Morgan fingerprint density at radius 2 is 2.19 bits per heavy atom. The van der Waals surface area contributed by atoms with Gasteiger partial charge in [0.2, 0.25) is 0 Å². The van der Waals surface area contributed by atoms with Crippen molar-refractivity contribution >= 4 is 23.4 Å². The number of aryl methyl sites for hydroxylation is 1. The van der Waals surface area contributed by atoms with E-state index in [0.717, 1.165) is 27.5 Å². The molecule has 1 N–H and O–H groups in total. The number of fused-ring (bicyclic) bond motifs is 1. The molecule has 0 amide bonds. The van der Waals surface area contributed by atoms with Crippen molar-refractivity contribution in [3.05, 3.63) is 22.6 Å². The number of nitrogens with zero attached hydrogens (tertiary/aromatic N) is 2. The Morgan fingerprint density at radius 3 is 2.88 bits per heavy atom. The summed E-state index contributed by atoms with van der Waals surface area (Å²) >= 11 is 5.38. The monoisotopic (exact) mass is 233 g/mol. The van der Waals surface area contributed by atoms with Crippen LogP contribution >= 0.6 is 12.2 Å². The predicted molar refractivity (Wildman–Crippen MR) is 67.1 cm³/mol. The van der Waals surface area contributed by atoms with E-state index >= 15 is 0 Å². The van der Waals surface area contributed by atoms with Crippen LogP contribution in [0.15, 0.2) is 12.1 Å². The van der Waals surface area contributed by atoms with Crippen molar-refractivity contribution in [3.63, 3.8) is 0 Å². The van der Waals surface area contributed by atoms with Crippen LogP contribution in [0.25, 0.3) is 11.2 Å². The molecule has 1 aliphatic carbocycles. The molecule has 16 heavy (non-hydrogen) atoms. The van der Waals surface area contributed by atoms with Gasteiger partial charge in [-0.3, -0.25) is 4.57 Å². The number of hydrogen-bond acceptors (Lipinski definition) is 2. The molecule has 0 radical (unpaired) electrons. The summed E-state index contributed by atoms with van der Waals surface area (Å²) in [6, 6.07) is 4.62. The first-order valence-electron chi connectivity index (χ1n) is 5.73. The van der Waals surface area contributed by atoms with Crippen molar-refractivity contribution in [2.24, 2.45) is 5.92 Å². The highest BCUT2D eigenvalue weighted by atomic mass is 32.1. The molecule has 2 aromatic rings. The van der Waals surface area contributed by atoms with E-state index in [1.54, 1.807) is 0 Å². The van der Waals surface area contributed by atoms with Crippen LogP contribution in [0.3, 0.4) is 0 Å². The third-order valence-electron chi connectivity index (χ3n) is 3.42. The van der Waals surface area contributed by atoms with Crippen LogP contribution in [0.1, 0.15) is 31.5 Å². The molecule has 3 nitrogen and oxygen atoms in total. The van der Waals surface area contributed by atoms with Gasteiger partial charge in [-0.1, -0.05) is 6.92 Å². The number of aromatic nitrogens is 3. The van der Waals surface area contributed by atoms with E-state index < -0.39 is 0 Å². The number of rotatable bonds is 1. The summed E-state index contributed by atoms with van der Waals surface area (Å²) in [5.74, 6) is 0.821. The van der Waals surface area contributed by atoms with Crippen LogP contribution in [0.2, 0.25) is 0 Å². The molecule has 0 aromatic carbocycles. The Labute approximate surface area is 99.5 Å². The minimum Gasteiger partial charge on any atom is -0.329 e. The van der Waals surface area contributed by atoms with Crippen molar-refractivity contribution in [3.8, 4) is 0 Å². The summed E-state index contributed by atoms with van der Waals surface area (Å²) in [5, 5.41) is 0. The summed E-state index contributed by atoms with van der Waals surface area (Å²) in [4.78, 5) is 7.82. The molecule has 0 spiro atoms. The largest absolute Gasteiger partial charge is 0.329 e. The summed E-state index contributed by atoms with van der Waals surface area (Å²) < 4.78 is 3.00. The lowest BCUT2D eigenvalue weighted by molar-refractivity contribution is 0.218. The second-order valence-corrected chi connectivity index (χ2v) is 5.24. The van der Waals surface area contributed by atoms with Crippen LogP contribution in [-0.2, 0) is 0 Å². The molecule has 1 fully saturated rings. The van der Waals surface area contributed by atoms with Gasteiger partial charge in [0.05, 0.1) is 5.52 Å². The van der Waals surface area contributed by atoms with Gasteiger partial charge in [-0.2, -0.15) is 0 Å². The van der Waals surface area contributed by atoms with Crippen molar-refractivity contribution in [2.75, 3.05) is 0 Å². The molecule has 3 rings (SSSR count). The quantitative estimate of drug-likeness (QED) is 0.766. The van der Waals surface area contributed by atoms with Crippen LogP contribution in [0.5, 0.6) is 0 Å². The van der Waals surface area contributed by atoms with Gasteiger partial charge in [0, 0.05) is 11.7 Å². The molecule has 0 atom stereocenters. The molecule has 0 unspecified atom stereocenters. The summed E-state index contributed by atoms with van der Waals surface area (Å²) in [5.41, 5.74) is 3.11. The highest BCUT2D eigenvalue weighted by molar-refractivity contribution is 7.71. The molecule has 84 valence electrons. The van der Waals surface area contributed by atoms with Crippen LogP contribution < -0.4 is 0 Å². The molecular formula is C12H15N3S. The second-order valence-electron chi connectivity index (χ2n) is 4.85. The minimum atomic E-state index is 0.547. The fraction of sp³-hybridized carbons (Fsp3) is 0.500. The van der Waals surface area contributed by atoms with Gasteiger partial charge in [-0.25, -0.2) is 4.98 Å². The topological polar surface area (TPSA) is 33.6 Å². The lowest BCUT2D eigenvalue weighted by Crippen LogP contribution is -2.24. The van der Waals surface area contributed by atoms with Crippen LogP contribution in [0.4, 0.5) is 0 Å². The summed E-state index contributed by atoms with van der Waals surface area (Å²) in [6.45, 7) is 4.30. The van der Waals surface area contributed by atoms with Gasteiger partial charge < -0.3 is 4.98 Å². The number of nitrogens with one attached hydrogen (secondary N) is 1. The smallest absolute Gasteiger partial charge is 0.179 e. The first-order chi connectivity index (χ1) is 7.65. The van der Waals surface area contributed by atoms with Gasteiger partial charge >= 0.3 is 0 Å². The van der Waals surface area contributed by atoms with E-state index in [1.807, 2.05) is 13.0 Å². The summed E-state index contributed by atoms with van der Waals surface area (Å²) in [6.07, 6.45) is 2.44. The Morgan fingerprint density at radius 1 is 1.44 bits per heavy atom. The average molecular weight is 233 g/mol. The third kappa shape index (κ3) is 1.40. The molecule has 1 saturated carbocycles. The molecule has 2 aromatic heterocycles. The maximum Gasteiger partial charge on any atom is 0.179 e. The maximum atomic E-state index is 5.38. The van der Waals surface area contributed by atoms with Crippen LogP contribution in [0, 0.1) is 17.6 Å². The normalized spacial score (nSPS) is 24.6. The lowest BCUT2D eigenvalue weighted by Gasteiger charge is -2.33. The van der Waals surface area contributed by atoms with Crippen molar-refractivity contribution in [1.29, 1.82) is 0 Å². The van der Waals surface area contributed by atoms with Crippen molar-refractivity contribution in [1.82, 2.24) is 14.5 Å². The first kappa shape index (κ1) is 10.0. The van der Waals surface area contributed by atoms with Crippen molar-refractivity contribution < 1.29 is 0 Å². The molecule has 2 heterocycles. The zero-order valence-corrected chi connectivity index (χ0v) is 10.3. The van der Waals surface area contributed by atoms with E-state index in [2.05, 4.69) is 27.5 Å². The van der Waals surface area contributed by atoms with E-state index in [9.17, 15) is 0 Å². The number of imidazole rings is 1. The zero-order valence-electron chi connectivity index (χ0n) is 9.53. The first-order valence-corrected chi connectivity index (χ1v) is 6.14. The number of H-pyrrole nitrogens is 1. The predicted octanol–water partition coefficient (Wildman–Crippen LogP) is 3.37. The second kappa shape index (κ2) is 3.42. The van der Waals surface area contributed by atoms with Gasteiger partial charge in [-0.05, 0) is 50.0 Å². The minimum absolute atomic E-state index is 0.547. The van der Waals surface area contributed by atoms with E-state index in [-0.39, 0.29) is 0 Å². The Kier molecular flexibility index (Phi) is 2.14. The Balaban J connectivity index is 2.18. The number of pyridine rings is 1. The molecule has 0 bridgehead atoms. The molecule has 1 aliphatic rings. The van der Waals surface area contributed by atoms with Gasteiger partial charge in [-0.15, -0.1) is 0 Å². The number of aromatic amines is 1. The maximum absolute atomic E-state index is 5.38. The molecule has 4 heteroatoms. The average Bonchev–Trinajstić information content (AvgIpc) is 2.49. The fourth-order valence-electron chi connectivity index (χ4n) is 2.51. The Bertz CT molecular complexity index is 590. The van der Waals surface area contributed by atoms with E-state index in [0.29, 0.717) is 6.04 Å². The fourth-order valence-corrected chi connectivity index (χ4v) is 2.85. The molecule has 0 aliphatic heterocycles. The standard InChI is InChI=1S/C12H15N3S/c1-7-5-9(6-7)15-11-10(14-12(15)16)4-3-8(2)13-11/h3-4,7,9H,5-6H2,1-2H3,(H,14,16). The van der Waals surface area contributed by atoms with E-state index in [1.165, 1.54) is 12.8 Å². The summed E-state index contributed by atoms with van der Waals surface area (Å²) in [7, 11) is 0. The number of hydrogen-bond donors (Lipinski definition) is 1. The van der Waals surface area contributed by atoms with E-state index in [4.69, 9.17) is 12.2 Å². The Hall–Kier alpha value is -1.16. The van der Waals surface area contributed by atoms with Gasteiger partial charge in [0.25, 0.3) is 0 Å². The van der Waals surface area contributed by atoms with Crippen LogP contribution in [-0.4, -0.2) is 14.5 Å². The van der Waals surface area contributed by atoms with Crippen molar-refractivity contribution in [2.45, 2.75) is 32.7 Å². The molecule has 0 saturated heterocycles. The zero-order chi connectivity index (χ0) is 11.3.